The Hall–Kier alpha value is -1.04. The van der Waals surface area contributed by atoms with Crippen LogP contribution in [0.3, 0.4) is 0 Å². The first-order chi connectivity index (χ1) is 9.08. The maximum Gasteiger partial charge on any atom is 0.223 e. The van der Waals surface area contributed by atoms with Crippen molar-refractivity contribution in [3.8, 4) is 6.07 Å². The zero-order valence-electron chi connectivity index (χ0n) is 12.2. The monoisotopic (exact) mass is 262 g/mol. The van der Waals surface area contributed by atoms with Crippen LogP contribution in [0.5, 0.6) is 0 Å². The van der Waals surface area contributed by atoms with Gasteiger partial charge in [-0.15, -0.1) is 0 Å². The molecule has 0 bridgehead atoms. The topological polar surface area (TPSA) is 52.9 Å². The summed E-state index contributed by atoms with van der Waals surface area (Å²) in [6.07, 6.45) is 7.19. The summed E-state index contributed by atoms with van der Waals surface area (Å²) in [5.41, 5.74) is 0. The zero-order chi connectivity index (χ0) is 13.8. The fourth-order valence-corrected chi connectivity index (χ4v) is 3.85. The summed E-state index contributed by atoms with van der Waals surface area (Å²) >= 11 is 0. The van der Waals surface area contributed by atoms with Gasteiger partial charge in [-0.25, -0.2) is 0 Å². The summed E-state index contributed by atoms with van der Waals surface area (Å²) in [6, 6.07) is 2.65. The number of hydrogen-bond acceptors (Lipinski definition) is 2. The third-order valence-corrected chi connectivity index (χ3v) is 4.81. The number of nitrogens with zero attached hydrogens (tertiary/aromatic N) is 1. The second-order valence-electron chi connectivity index (χ2n) is 6.80. The molecule has 3 nitrogen and oxygen atoms in total. The molecule has 0 spiro atoms. The van der Waals surface area contributed by atoms with Crippen LogP contribution in [0.1, 0.15) is 58.8 Å². The van der Waals surface area contributed by atoms with Gasteiger partial charge >= 0.3 is 0 Å². The Morgan fingerprint density at radius 2 is 1.63 bits per heavy atom. The van der Waals surface area contributed by atoms with Crippen LogP contribution in [0.4, 0.5) is 0 Å². The fourth-order valence-electron chi connectivity index (χ4n) is 3.85. The van der Waals surface area contributed by atoms with Crippen molar-refractivity contribution in [2.45, 2.75) is 64.8 Å². The molecular weight excluding hydrogens is 236 g/mol. The van der Waals surface area contributed by atoms with Crippen molar-refractivity contribution in [3.05, 3.63) is 0 Å². The van der Waals surface area contributed by atoms with Gasteiger partial charge in [0.05, 0.1) is 6.07 Å². The molecule has 0 aromatic rings. The predicted molar refractivity (Wildman–Crippen MR) is 75.2 cm³/mol. The largest absolute Gasteiger partial charge is 0.353 e. The summed E-state index contributed by atoms with van der Waals surface area (Å²) in [6.45, 7) is 4.52. The first-order valence-electron chi connectivity index (χ1n) is 7.78. The highest BCUT2D eigenvalue weighted by Gasteiger charge is 2.30. The number of hydrogen-bond donors (Lipinski definition) is 1. The standard InChI is InChI=1S/C16H26N2O/c1-11-7-12(2)9-14(8-11)16(19)18-15-5-3-13(10-17)4-6-15/h11-15H,3-9H2,1-2H3,(H,18,19). The van der Waals surface area contributed by atoms with E-state index in [4.69, 9.17) is 5.26 Å². The number of rotatable bonds is 2. The zero-order valence-corrected chi connectivity index (χ0v) is 12.2. The maximum absolute atomic E-state index is 12.3. The van der Waals surface area contributed by atoms with Crippen molar-refractivity contribution in [2.75, 3.05) is 0 Å². The lowest BCUT2D eigenvalue weighted by atomic mass is 9.76. The minimum atomic E-state index is 0.211. The molecule has 2 aliphatic rings. The van der Waals surface area contributed by atoms with Crippen molar-refractivity contribution in [1.82, 2.24) is 5.32 Å². The van der Waals surface area contributed by atoms with Gasteiger partial charge in [0.2, 0.25) is 5.91 Å². The number of nitriles is 1. The van der Waals surface area contributed by atoms with Crippen molar-refractivity contribution >= 4 is 5.91 Å². The second kappa shape index (κ2) is 6.41. The van der Waals surface area contributed by atoms with E-state index in [1.807, 2.05) is 0 Å². The molecule has 106 valence electrons. The molecule has 0 aromatic heterocycles. The molecule has 2 atom stereocenters. The Kier molecular flexibility index (Phi) is 4.85. The van der Waals surface area contributed by atoms with Gasteiger partial charge in [-0.1, -0.05) is 13.8 Å². The van der Waals surface area contributed by atoms with Crippen LogP contribution in [0.25, 0.3) is 0 Å². The molecule has 1 amide bonds. The fraction of sp³-hybridized carbons (Fsp3) is 0.875. The Morgan fingerprint density at radius 1 is 1.05 bits per heavy atom. The normalized spacial score (nSPS) is 39.3. The number of carbonyl (C=O) groups is 1. The number of carbonyl (C=O) groups excluding carboxylic acids is 1. The molecule has 2 saturated carbocycles. The minimum absolute atomic E-state index is 0.211. The molecule has 3 heteroatoms. The highest BCUT2D eigenvalue weighted by molar-refractivity contribution is 5.79. The van der Waals surface area contributed by atoms with Crippen LogP contribution in [0, 0.1) is 35.0 Å². The molecule has 1 N–H and O–H groups in total. The summed E-state index contributed by atoms with van der Waals surface area (Å²) in [7, 11) is 0. The van der Waals surface area contributed by atoms with Crippen LogP contribution in [-0.4, -0.2) is 11.9 Å². The molecule has 0 aromatic carbocycles. The molecule has 2 fully saturated rings. The van der Waals surface area contributed by atoms with Crippen LogP contribution in [0.15, 0.2) is 0 Å². The Bertz CT molecular complexity index is 342. The SMILES string of the molecule is CC1CC(C)CC(C(=O)NC2CCC(C#N)CC2)C1. The van der Waals surface area contributed by atoms with Crippen LogP contribution < -0.4 is 5.32 Å². The maximum atomic E-state index is 12.3. The van der Waals surface area contributed by atoms with E-state index >= 15 is 0 Å². The van der Waals surface area contributed by atoms with Gasteiger partial charge in [0.25, 0.3) is 0 Å². The molecular formula is C16H26N2O. The summed E-state index contributed by atoms with van der Waals surface area (Å²) in [4.78, 5) is 12.3. The van der Waals surface area contributed by atoms with Gasteiger partial charge in [-0.05, 0) is 56.8 Å². The molecule has 0 radical (unpaired) electrons. The average Bonchev–Trinajstić information content (AvgIpc) is 2.38. The average molecular weight is 262 g/mol. The van der Waals surface area contributed by atoms with Crippen LogP contribution in [-0.2, 0) is 4.79 Å². The lowest BCUT2D eigenvalue weighted by Crippen LogP contribution is -2.42. The molecule has 19 heavy (non-hydrogen) atoms. The molecule has 0 saturated heterocycles. The van der Waals surface area contributed by atoms with Gasteiger partial charge in [0.15, 0.2) is 0 Å². The quantitative estimate of drug-likeness (QED) is 0.830. The van der Waals surface area contributed by atoms with E-state index in [1.54, 1.807) is 0 Å². The lowest BCUT2D eigenvalue weighted by Gasteiger charge is -2.33. The first-order valence-corrected chi connectivity index (χ1v) is 7.78. The lowest BCUT2D eigenvalue weighted by molar-refractivity contribution is -0.128. The van der Waals surface area contributed by atoms with Gasteiger partial charge in [0.1, 0.15) is 0 Å². The second-order valence-corrected chi connectivity index (χ2v) is 6.80. The Morgan fingerprint density at radius 3 is 2.16 bits per heavy atom. The van der Waals surface area contributed by atoms with E-state index in [0.29, 0.717) is 17.9 Å². The molecule has 2 rings (SSSR count). The van der Waals surface area contributed by atoms with Crippen molar-refractivity contribution in [3.63, 3.8) is 0 Å². The van der Waals surface area contributed by atoms with Crippen molar-refractivity contribution < 1.29 is 4.79 Å². The molecule has 2 aliphatic carbocycles. The minimum Gasteiger partial charge on any atom is -0.353 e. The third kappa shape index (κ3) is 3.96. The summed E-state index contributed by atoms with van der Waals surface area (Å²) in [5, 5.41) is 12.1. The van der Waals surface area contributed by atoms with E-state index in [0.717, 1.165) is 38.5 Å². The van der Waals surface area contributed by atoms with Crippen molar-refractivity contribution in [1.29, 1.82) is 5.26 Å². The van der Waals surface area contributed by atoms with E-state index in [9.17, 15) is 4.79 Å². The van der Waals surface area contributed by atoms with E-state index < -0.39 is 0 Å². The molecule has 0 aliphatic heterocycles. The Balaban J connectivity index is 1.80. The van der Waals surface area contributed by atoms with E-state index in [2.05, 4.69) is 25.2 Å². The summed E-state index contributed by atoms with van der Waals surface area (Å²) < 4.78 is 0. The highest BCUT2D eigenvalue weighted by atomic mass is 16.1. The Labute approximate surface area is 116 Å². The third-order valence-electron chi connectivity index (χ3n) is 4.81. The van der Waals surface area contributed by atoms with Gasteiger partial charge in [-0.2, -0.15) is 5.26 Å². The number of nitrogens with one attached hydrogen (secondary N) is 1. The number of amides is 1. The van der Waals surface area contributed by atoms with Crippen LogP contribution in [0.2, 0.25) is 0 Å². The van der Waals surface area contributed by atoms with Gasteiger partial charge < -0.3 is 5.32 Å². The van der Waals surface area contributed by atoms with E-state index in [1.165, 1.54) is 6.42 Å². The molecule has 0 heterocycles. The van der Waals surface area contributed by atoms with Crippen molar-refractivity contribution in [2.24, 2.45) is 23.7 Å². The first kappa shape index (κ1) is 14.4. The van der Waals surface area contributed by atoms with Gasteiger partial charge in [-0.3, -0.25) is 4.79 Å². The van der Waals surface area contributed by atoms with Crippen LogP contribution >= 0.6 is 0 Å². The predicted octanol–water partition coefficient (Wildman–Crippen LogP) is 3.26. The smallest absolute Gasteiger partial charge is 0.223 e. The highest BCUT2D eigenvalue weighted by Crippen LogP contribution is 2.33. The molecule has 2 unspecified atom stereocenters. The summed E-state index contributed by atoms with van der Waals surface area (Å²) in [5.74, 6) is 2.04. The van der Waals surface area contributed by atoms with E-state index in [-0.39, 0.29) is 17.7 Å². The van der Waals surface area contributed by atoms with Gasteiger partial charge in [0, 0.05) is 17.9 Å².